The zero-order chi connectivity index (χ0) is 16.2. The van der Waals surface area contributed by atoms with Crippen molar-refractivity contribution >= 4 is 47.2 Å². The van der Waals surface area contributed by atoms with Gasteiger partial charge < -0.3 is 15.4 Å². The van der Waals surface area contributed by atoms with Crippen molar-refractivity contribution < 1.29 is 9.53 Å². The summed E-state index contributed by atoms with van der Waals surface area (Å²) in [5.74, 6) is 1.16. The summed E-state index contributed by atoms with van der Waals surface area (Å²) in [6.07, 6.45) is 3.39. The Morgan fingerprint density at radius 1 is 1.35 bits per heavy atom. The standard InChI is InChI=1S/C16H27N3O2S.HI/c1-13(14-8-10-22-12-14)11-19-16(17-2)18-9-6-4-5-7-15(20)21-3;/h8,10,12-13H,4-7,9,11H2,1-3H3,(H2,17,18,19);1H. The molecule has 0 radical (unpaired) electrons. The maximum atomic E-state index is 11.0. The van der Waals surface area contributed by atoms with E-state index in [1.807, 2.05) is 0 Å². The lowest BCUT2D eigenvalue weighted by atomic mass is 10.1. The number of hydrogen-bond donors (Lipinski definition) is 2. The number of nitrogens with one attached hydrogen (secondary N) is 2. The molecule has 5 nitrogen and oxygen atoms in total. The lowest BCUT2D eigenvalue weighted by Gasteiger charge is -2.15. The summed E-state index contributed by atoms with van der Waals surface area (Å²) >= 11 is 1.73. The van der Waals surface area contributed by atoms with E-state index in [1.165, 1.54) is 12.7 Å². The van der Waals surface area contributed by atoms with Crippen LogP contribution in [0.1, 0.15) is 44.1 Å². The van der Waals surface area contributed by atoms with Crippen LogP contribution < -0.4 is 10.6 Å². The predicted octanol–water partition coefficient (Wildman–Crippen LogP) is 3.37. The summed E-state index contributed by atoms with van der Waals surface area (Å²) in [5.41, 5.74) is 1.36. The van der Waals surface area contributed by atoms with Crippen LogP contribution in [-0.2, 0) is 9.53 Å². The molecule has 1 unspecified atom stereocenters. The average molecular weight is 453 g/mol. The Bertz CT molecular complexity index is 452. The molecule has 1 rings (SSSR count). The summed E-state index contributed by atoms with van der Waals surface area (Å²) in [4.78, 5) is 15.2. The second kappa shape index (κ2) is 13.6. The molecular weight excluding hydrogens is 425 g/mol. The minimum Gasteiger partial charge on any atom is -0.469 e. The Balaban J connectivity index is 0.00000484. The molecule has 1 aromatic heterocycles. The maximum Gasteiger partial charge on any atom is 0.305 e. The summed E-state index contributed by atoms with van der Waals surface area (Å²) < 4.78 is 4.61. The highest BCUT2D eigenvalue weighted by Gasteiger charge is 2.06. The Hall–Kier alpha value is -0.830. The average Bonchev–Trinajstić information content (AvgIpc) is 3.07. The first-order chi connectivity index (χ1) is 10.7. The molecule has 132 valence electrons. The van der Waals surface area contributed by atoms with Crippen LogP contribution in [0.25, 0.3) is 0 Å². The lowest BCUT2D eigenvalue weighted by molar-refractivity contribution is -0.140. The number of ether oxygens (including phenoxy) is 1. The van der Waals surface area contributed by atoms with Crippen LogP contribution in [0.4, 0.5) is 0 Å². The van der Waals surface area contributed by atoms with E-state index >= 15 is 0 Å². The van der Waals surface area contributed by atoms with E-state index in [2.05, 4.69) is 44.1 Å². The third-order valence-corrected chi connectivity index (χ3v) is 4.19. The highest BCUT2D eigenvalue weighted by Crippen LogP contribution is 2.16. The number of halogens is 1. The molecule has 0 spiro atoms. The van der Waals surface area contributed by atoms with E-state index in [4.69, 9.17) is 0 Å². The highest BCUT2D eigenvalue weighted by atomic mass is 127. The molecule has 0 amide bonds. The van der Waals surface area contributed by atoms with E-state index in [-0.39, 0.29) is 29.9 Å². The smallest absolute Gasteiger partial charge is 0.305 e. The van der Waals surface area contributed by atoms with Crippen molar-refractivity contribution in [1.82, 2.24) is 10.6 Å². The van der Waals surface area contributed by atoms with Crippen molar-refractivity contribution in [1.29, 1.82) is 0 Å². The maximum absolute atomic E-state index is 11.0. The van der Waals surface area contributed by atoms with E-state index < -0.39 is 0 Å². The molecule has 2 N–H and O–H groups in total. The topological polar surface area (TPSA) is 62.7 Å². The summed E-state index contributed by atoms with van der Waals surface area (Å²) in [6.45, 7) is 3.92. The fourth-order valence-corrected chi connectivity index (χ4v) is 2.81. The quantitative estimate of drug-likeness (QED) is 0.198. The van der Waals surface area contributed by atoms with E-state index in [0.717, 1.165) is 38.3 Å². The third-order valence-electron chi connectivity index (χ3n) is 3.49. The van der Waals surface area contributed by atoms with Gasteiger partial charge >= 0.3 is 5.97 Å². The first kappa shape index (κ1) is 22.2. The molecule has 0 fully saturated rings. The number of carbonyl (C=O) groups excluding carboxylic acids is 1. The van der Waals surface area contributed by atoms with Gasteiger partial charge in [-0.2, -0.15) is 11.3 Å². The molecule has 0 saturated carbocycles. The third kappa shape index (κ3) is 9.80. The molecule has 1 heterocycles. The van der Waals surface area contributed by atoms with Crippen LogP contribution in [-0.4, -0.2) is 39.2 Å². The number of hydrogen-bond acceptors (Lipinski definition) is 4. The molecule has 23 heavy (non-hydrogen) atoms. The van der Waals surface area contributed by atoms with Crippen molar-refractivity contribution in [3.8, 4) is 0 Å². The lowest BCUT2D eigenvalue weighted by Crippen LogP contribution is -2.39. The monoisotopic (exact) mass is 453 g/mol. The van der Waals surface area contributed by atoms with Gasteiger partial charge in [-0.25, -0.2) is 0 Å². The number of carbonyl (C=O) groups is 1. The van der Waals surface area contributed by atoms with Crippen LogP contribution in [0.5, 0.6) is 0 Å². The van der Waals surface area contributed by atoms with Gasteiger partial charge in [0.15, 0.2) is 5.96 Å². The number of aliphatic imine (C=N–C) groups is 1. The molecular formula is C16H28IN3O2S. The molecule has 0 bridgehead atoms. The minimum atomic E-state index is -0.132. The number of nitrogens with zero attached hydrogens (tertiary/aromatic N) is 1. The molecule has 7 heteroatoms. The van der Waals surface area contributed by atoms with Crippen molar-refractivity contribution in [2.45, 2.75) is 38.5 Å². The van der Waals surface area contributed by atoms with Crippen LogP contribution in [0, 0.1) is 0 Å². The zero-order valence-corrected chi connectivity index (χ0v) is 17.3. The molecule has 0 aliphatic heterocycles. The van der Waals surface area contributed by atoms with Gasteiger partial charge in [0.2, 0.25) is 0 Å². The highest BCUT2D eigenvalue weighted by molar-refractivity contribution is 14.0. The van der Waals surface area contributed by atoms with E-state index in [0.29, 0.717) is 12.3 Å². The van der Waals surface area contributed by atoms with Crippen molar-refractivity contribution in [2.24, 2.45) is 4.99 Å². The zero-order valence-electron chi connectivity index (χ0n) is 14.1. The summed E-state index contributed by atoms with van der Waals surface area (Å²) in [5, 5.41) is 10.9. The van der Waals surface area contributed by atoms with E-state index in [1.54, 1.807) is 18.4 Å². The van der Waals surface area contributed by atoms with Gasteiger partial charge in [0.1, 0.15) is 0 Å². The number of thiophene rings is 1. The Morgan fingerprint density at radius 2 is 2.13 bits per heavy atom. The number of guanidine groups is 1. The minimum absolute atomic E-state index is 0. The Morgan fingerprint density at radius 3 is 2.74 bits per heavy atom. The SMILES string of the molecule is CN=C(NCCCCCC(=O)OC)NCC(C)c1ccsc1.I. The van der Waals surface area contributed by atoms with Gasteiger partial charge in [0.25, 0.3) is 0 Å². The second-order valence-corrected chi connectivity index (χ2v) is 6.00. The van der Waals surface area contributed by atoms with Crippen molar-refractivity contribution in [3.05, 3.63) is 22.4 Å². The number of rotatable bonds is 9. The van der Waals surface area contributed by atoms with Gasteiger partial charge in [-0.05, 0) is 41.1 Å². The van der Waals surface area contributed by atoms with Gasteiger partial charge in [-0.1, -0.05) is 13.3 Å². The number of methoxy groups -OCH3 is 1. The number of unbranched alkanes of at least 4 members (excludes halogenated alkanes) is 2. The molecule has 0 aliphatic rings. The van der Waals surface area contributed by atoms with Crippen molar-refractivity contribution in [3.63, 3.8) is 0 Å². The normalized spacial score (nSPS) is 12.2. The molecule has 1 aromatic rings. The largest absolute Gasteiger partial charge is 0.469 e. The fraction of sp³-hybridized carbons (Fsp3) is 0.625. The molecule has 0 aromatic carbocycles. The van der Waals surface area contributed by atoms with Crippen molar-refractivity contribution in [2.75, 3.05) is 27.2 Å². The number of esters is 1. The predicted molar refractivity (Wildman–Crippen MR) is 108 cm³/mol. The van der Waals surface area contributed by atoms with Crippen LogP contribution in [0.15, 0.2) is 21.8 Å². The summed E-state index contributed by atoms with van der Waals surface area (Å²) in [7, 11) is 3.21. The van der Waals surface area contributed by atoms with Crippen LogP contribution >= 0.6 is 35.3 Å². The summed E-state index contributed by atoms with van der Waals surface area (Å²) in [6, 6.07) is 2.16. The first-order valence-corrected chi connectivity index (χ1v) is 8.65. The Kier molecular flexibility index (Phi) is 13.1. The van der Waals surface area contributed by atoms with Gasteiger partial charge in [-0.15, -0.1) is 24.0 Å². The van der Waals surface area contributed by atoms with Crippen LogP contribution in [0.2, 0.25) is 0 Å². The first-order valence-electron chi connectivity index (χ1n) is 7.70. The molecule has 0 saturated heterocycles. The van der Waals surface area contributed by atoms with E-state index in [9.17, 15) is 4.79 Å². The van der Waals surface area contributed by atoms with Gasteiger partial charge in [-0.3, -0.25) is 9.79 Å². The molecule has 1 atom stereocenters. The molecule has 0 aliphatic carbocycles. The van der Waals surface area contributed by atoms with Gasteiger partial charge in [0, 0.05) is 26.6 Å². The second-order valence-electron chi connectivity index (χ2n) is 5.22. The van der Waals surface area contributed by atoms with Crippen LogP contribution in [0.3, 0.4) is 0 Å². The Labute approximate surface area is 160 Å². The fourth-order valence-electron chi connectivity index (χ4n) is 2.02. The van der Waals surface area contributed by atoms with Gasteiger partial charge in [0.05, 0.1) is 7.11 Å².